The van der Waals surface area contributed by atoms with E-state index in [1.807, 2.05) is 13.1 Å². The molecule has 1 aliphatic heterocycles. The highest BCUT2D eigenvalue weighted by atomic mass is 15.3. The van der Waals surface area contributed by atoms with Crippen LogP contribution in [0.5, 0.6) is 0 Å². The van der Waals surface area contributed by atoms with Crippen LogP contribution in [-0.2, 0) is 0 Å². The fraction of sp³-hybridized carbons (Fsp3) is 0.500. The van der Waals surface area contributed by atoms with Crippen molar-refractivity contribution in [1.82, 2.24) is 5.32 Å². The Labute approximate surface area is 59.3 Å². The highest BCUT2D eigenvalue weighted by Gasteiger charge is 2.25. The van der Waals surface area contributed by atoms with Crippen LogP contribution in [0.25, 0.3) is 0 Å². The highest BCUT2D eigenvalue weighted by Crippen LogP contribution is 2.14. The third-order valence-electron chi connectivity index (χ3n) is 1.39. The average molecular weight is 136 g/mol. The summed E-state index contributed by atoms with van der Waals surface area (Å²) < 4.78 is 0. The second-order valence-corrected chi connectivity index (χ2v) is 1.96. The Morgan fingerprint density at radius 1 is 1.60 bits per heavy atom. The average Bonchev–Trinajstić information content (AvgIpc) is 2.39. The number of nitrogens with one attached hydrogen (secondary N) is 1. The van der Waals surface area contributed by atoms with Crippen LogP contribution in [-0.4, -0.2) is 18.2 Å². The molecule has 1 rings (SSSR count). The number of aliphatic imine (C=N–C) groups is 2. The molecule has 0 saturated carbocycles. The van der Waals surface area contributed by atoms with E-state index in [0.29, 0.717) is 6.42 Å². The van der Waals surface area contributed by atoms with Crippen LogP contribution >= 0.6 is 0 Å². The minimum atomic E-state index is -0.686. The zero-order chi connectivity index (χ0) is 7.45. The summed E-state index contributed by atoms with van der Waals surface area (Å²) in [6.07, 6.45) is 5.69. The maximum atomic E-state index is 8.31. The number of nitriles is 1. The Balaban J connectivity index is 2.71. The quantitative estimate of drug-likeness (QED) is 0.437. The van der Waals surface area contributed by atoms with E-state index in [4.69, 9.17) is 5.26 Å². The molecule has 0 amide bonds. The van der Waals surface area contributed by atoms with Crippen molar-refractivity contribution >= 4 is 12.4 Å². The Bertz CT molecular complexity index is 198. The highest BCUT2D eigenvalue weighted by molar-refractivity contribution is 6.17. The molecule has 10 heavy (non-hydrogen) atoms. The lowest BCUT2D eigenvalue weighted by molar-refractivity contribution is 0.402. The molecule has 1 heterocycles. The molecule has 0 unspecified atom stereocenters. The molecule has 0 aromatic carbocycles. The molecular formula is C6H8N4. The van der Waals surface area contributed by atoms with Crippen LogP contribution < -0.4 is 5.32 Å². The van der Waals surface area contributed by atoms with Crippen LogP contribution in [0.1, 0.15) is 13.3 Å². The summed E-state index contributed by atoms with van der Waals surface area (Å²) in [5.74, 6) is -0.686. The van der Waals surface area contributed by atoms with Gasteiger partial charge in [0.25, 0.3) is 0 Å². The van der Waals surface area contributed by atoms with Crippen molar-refractivity contribution in [3.05, 3.63) is 0 Å². The fourth-order valence-electron chi connectivity index (χ4n) is 0.772. The molecule has 1 aliphatic rings. The maximum absolute atomic E-state index is 8.31. The van der Waals surface area contributed by atoms with Gasteiger partial charge in [-0.1, -0.05) is 6.92 Å². The summed E-state index contributed by atoms with van der Waals surface area (Å²) in [6, 6.07) is 0. The van der Waals surface area contributed by atoms with Crippen molar-refractivity contribution in [3.8, 4) is 6.19 Å². The molecule has 52 valence electrons. The van der Waals surface area contributed by atoms with E-state index in [1.165, 1.54) is 0 Å². The van der Waals surface area contributed by atoms with Gasteiger partial charge in [-0.15, -0.1) is 0 Å². The first kappa shape index (κ1) is 6.75. The second-order valence-electron chi connectivity index (χ2n) is 1.96. The molecular weight excluding hydrogens is 128 g/mol. The summed E-state index contributed by atoms with van der Waals surface area (Å²) in [7, 11) is 0. The van der Waals surface area contributed by atoms with E-state index < -0.39 is 5.79 Å². The van der Waals surface area contributed by atoms with Gasteiger partial charge in [-0.3, -0.25) is 5.32 Å². The first-order valence-corrected chi connectivity index (χ1v) is 3.08. The minimum Gasteiger partial charge on any atom is -0.279 e. The zero-order valence-electron chi connectivity index (χ0n) is 5.70. The van der Waals surface area contributed by atoms with Crippen molar-refractivity contribution in [2.45, 2.75) is 19.1 Å². The smallest absolute Gasteiger partial charge is 0.232 e. The van der Waals surface area contributed by atoms with Crippen molar-refractivity contribution in [1.29, 1.82) is 5.26 Å². The van der Waals surface area contributed by atoms with Gasteiger partial charge in [0.1, 0.15) is 0 Å². The molecule has 4 heteroatoms. The van der Waals surface area contributed by atoms with Crippen molar-refractivity contribution < 1.29 is 0 Å². The monoisotopic (exact) mass is 136 g/mol. The van der Waals surface area contributed by atoms with Gasteiger partial charge in [-0.25, -0.2) is 9.98 Å². The Morgan fingerprint density at radius 2 is 2.20 bits per heavy atom. The van der Waals surface area contributed by atoms with Gasteiger partial charge < -0.3 is 0 Å². The molecule has 4 nitrogen and oxygen atoms in total. The number of nitrogens with zero attached hydrogens (tertiary/aromatic N) is 3. The molecule has 0 aromatic rings. The van der Waals surface area contributed by atoms with Gasteiger partial charge >= 0.3 is 0 Å². The lowest BCUT2D eigenvalue weighted by Gasteiger charge is -2.17. The van der Waals surface area contributed by atoms with Crippen LogP contribution in [0, 0.1) is 11.5 Å². The van der Waals surface area contributed by atoms with Gasteiger partial charge in [0.2, 0.25) is 5.79 Å². The molecule has 0 aliphatic carbocycles. The van der Waals surface area contributed by atoms with E-state index in [9.17, 15) is 0 Å². The summed E-state index contributed by atoms with van der Waals surface area (Å²) in [4.78, 5) is 7.99. The Kier molecular flexibility index (Phi) is 1.67. The molecule has 0 bridgehead atoms. The van der Waals surface area contributed by atoms with E-state index in [2.05, 4.69) is 15.3 Å². The van der Waals surface area contributed by atoms with E-state index in [0.717, 1.165) is 0 Å². The van der Waals surface area contributed by atoms with Crippen LogP contribution in [0.4, 0.5) is 0 Å². The topological polar surface area (TPSA) is 60.5 Å². The standard InChI is InChI=1S/C6H8N4/c1-2-6(10-5-7)8-3-4-9-6/h3-4,10H,2H2,1H3. The van der Waals surface area contributed by atoms with Gasteiger partial charge in [-0.05, 0) is 0 Å². The predicted octanol–water partition coefficient (Wildman–Crippen LogP) is 0.276. The van der Waals surface area contributed by atoms with E-state index in [-0.39, 0.29) is 0 Å². The maximum Gasteiger partial charge on any atom is 0.232 e. The lowest BCUT2D eigenvalue weighted by Crippen LogP contribution is -2.36. The molecule has 0 spiro atoms. The van der Waals surface area contributed by atoms with Gasteiger partial charge in [-0.2, -0.15) is 5.26 Å². The lowest BCUT2D eigenvalue weighted by atomic mass is 10.3. The SMILES string of the molecule is CCC1(NC#N)N=CC=N1. The van der Waals surface area contributed by atoms with Gasteiger partial charge in [0.15, 0.2) is 6.19 Å². The fourth-order valence-corrected chi connectivity index (χ4v) is 0.772. The van der Waals surface area contributed by atoms with Crippen molar-refractivity contribution in [2.75, 3.05) is 0 Å². The molecule has 0 fully saturated rings. The predicted molar refractivity (Wildman–Crippen MR) is 38.8 cm³/mol. The van der Waals surface area contributed by atoms with Gasteiger partial charge in [0.05, 0.1) is 0 Å². The second kappa shape index (κ2) is 2.48. The largest absolute Gasteiger partial charge is 0.279 e. The van der Waals surface area contributed by atoms with Crippen LogP contribution in [0.2, 0.25) is 0 Å². The first-order chi connectivity index (χ1) is 4.83. The zero-order valence-corrected chi connectivity index (χ0v) is 5.70. The van der Waals surface area contributed by atoms with E-state index >= 15 is 0 Å². The number of hydrogen-bond donors (Lipinski definition) is 1. The summed E-state index contributed by atoms with van der Waals surface area (Å²) in [5, 5.41) is 10.8. The van der Waals surface area contributed by atoms with Crippen molar-refractivity contribution in [2.24, 2.45) is 9.98 Å². The molecule has 0 atom stereocenters. The van der Waals surface area contributed by atoms with Crippen molar-refractivity contribution in [3.63, 3.8) is 0 Å². The molecule has 1 N–H and O–H groups in total. The molecule has 0 aromatic heterocycles. The third-order valence-corrected chi connectivity index (χ3v) is 1.39. The number of hydrogen-bond acceptors (Lipinski definition) is 4. The Hall–Kier alpha value is -1.37. The summed E-state index contributed by atoms with van der Waals surface area (Å²) in [5.41, 5.74) is 0. The normalized spacial score (nSPS) is 18.8. The Morgan fingerprint density at radius 3 is 2.60 bits per heavy atom. The van der Waals surface area contributed by atoms with Crippen LogP contribution in [0.15, 0.2) is 9.98 Å². The van der Waals surface area contributed by atoms with E-state index in [1.54, 1.807) is 12.4 Å². The van der Waals surface area contributed by atoms with Gasteiger partial charge in [0, 0.05) is 18.9 Å². The van der Waals surface area contributed by atoms with Crippen LogP contribution in [0.3, 0.4) is 0 Å². The third kappa shape index (κ3) is 0.982. The first-order valence-electron chi connectivity index (χ1n) is 3.08. The molecule has 0 saturated heterocycles. The molecule has 0 radical (unpaired) electrons. The summed E-state index contributed by atoms with van der Waals surface area (Å²) in [6.45, 7) is 1.92. The summed E-state index contributed by atoms with van der Waals surface area (Å²) >= 11 is 0. The minimum absolute atomic E-state index is 0.686. The number of rotatable bonds is 2.